The quantitative estimate of drug-likeness (QED) is 0.298. The van der Waals surface area contributed by atoms with Crippen molar-refractivity contribution < 1.29 is 18.9 Å². The van der Waals surface area contributed by atoms with Gasteiger partial charge in [0, 0.05) is 18.0 Å². The number of halogens is 2. The van der Waals surface area contributed by atoms with Crippen molar-refractivity contribution in [3.05, 3.63) is 93.0 Å². The van der Waals surface area contributed by atoms with E-state index in [0.29, 0.717) is 17.1 Å². The molecule has 8 nitrogen and oxygen atoms in total. The molecule has 0 saturated carbocycles. The summed E-state index contributed by atoms with van der Waals surface area (Å²) in [6, 6.07) is 12.7. The van der Waals surface area contributed by atoms with Gasteiger partial charge in [-0.15, -0.1) is 0 Å². The van der Waals surface area contributed by atoms with Crippen molar-refractivity contribution in [3.63, 3.8) is 0 Å². The highest BCUT2D eigenvalue weighted by atomic mass is 35.5. The van der Waals surface area contributed by atoms with Crippen LogP contribution in [0.3, 0.4) is 0 Å². The number of hydrogen-bond donors (Lipinski definition) is 1. The Labute approximate surface area is 173 Å². The lowest BCUT2D eigenvalue weighted by atomic mass is 10.2. The Hall–Kier alpha value is -3.98. The Morgan fingerprint density at radius 1 is 1.07 bits per heavy atom. The molecule has 0 atom stereocenters. The van der Waals surface area contributed by atoms with Crippen LogP contribution in [0.5, 0.6) is 0 Å². The molecule has 1 aliphatic heterocycles. The standard InChI is InChI=1S/C20H12ClFN4O4/c21-17-8-7-15(11-18(17)26(29)30)24-9-1-2-14(24)10-16-19(27)23-25(20(16)28)13-5-3-12(22)4-6-13/h1-11H,(H,23,27)/b16-10+. The van der Waals surface area contributed by atoms with E-state index in [1.54, 1.807) is 29.0 Å². The second-order valence-electron chi connectivity index (χ2n) is 6.31. The van der Waals surface area contributed by atoms with Gasteiger partial charge < -0.3 is 4.57 Å². The van der Waals surface area contributed by atoms with Gasteiger partial charge in [-0.05, 0) is 54.6 Å². The molecule has 0 bridgehead atoms. The topological polar surface area (TPSA) is 97.5 Å². The third-order valence-electron chi connectivity index (χ3n) is 4.45. The molecule has 2 heterocycles. The van der Waals surface area contributed by atoms with Crippen LogP contribution in [0.25, 0.3) is 11.8 Å². The fourth-order valence-electron chi connectivity index (χ4n) is 3.01. The average molecular weight is 427 g/mol. The zero-order valence-electron chi connectivity index (χ0n) is 15.1. The summed E-state index contributed by atoms with van der Waals surface area (Å²) in [6.07, 6.45) is 3.01. The molecule has 2 amide bonds. The minimum absolute atomic E-state index is 0.00361. The van der Waals surface area contributed by atoms with Gasteiger partial charge in [0.2, 0.25) is 0 Å². The monoisotopic (exact) mass is 426 g/mol. The van der Waals surface area contributed by atoms with Gasteiger partial charge in [0.05, 0.1) is 16.3 Å². The first kappa shape index (κ1) is 19.3. The van der Waals surface area contributed by atoms with E-state index in [2.05, 4.69) is 5.43 Å². The van der Waals surface area contributed by atoms with E-state index in [-0.39, 0.29) is 16.3 Å². The molecule has 1 fully saturated rings. The molecule has 2 aromatic carbocycles. The maximum absolute atomic E-state index is 13.1. The van der Waals surface area contributed by atoms with E-state index in [1.165, 1.54) is 42.5 Å². The number of benzene rings is 2. The fourth-order valence-corrected chi connectivity index (χ4v) is 3.20. The van der Waals surface area contributed by atoms with E-state index >= 15 is 0 Å². The first-order chi connectivity index (χ1) is 14.3. The molecule has 150 valence electrons. The van der Waals surface area contributed by atoms with Crippen LogP contribution < -0.4 is 10.4 Å². The summed E-state index contributed by atoms with van der Waals surface area (Å²) in [6.45, 7) is 0. The van der Waals surface area contributed by atoms with Gasteiger partial charge in [0.15, 0.2) is 0 Å². The van der Waals surface area contributed by atoms with Crippen LogP contribution in [0.15, 0.2) is 66.4 Å². The maximum atomic E-state index is 13.1. The molecular weight excluding hydrogens is 415 g/mol. The third kappa shape index (κ3) is 3.42. The molecule has 1 aliphatic rings. The van der Waals surface area contributed by atoms with Gasteiger partial charge in [-0.3, -0.25) is 25.1 Å². The van der Waals surface area contributed by atoms with Crippen LogP contribution >= 0.6 is 11.6 Å². The number of amides is 2. The molecule has 0 radical (unpaired) electrons. The lowest BCUT2D eigenvalue weighted by Gasteiger charge is -2.14. The normalized spacial score (nSPS) is 15.0. The molecule has 1 saturated heterocycles. The van der Waals surface area contributed by atoms with Gasteiger partial charge in [-0.25, -0.2) is 9.40 Å². The van der Waals surface area contributed by atoms with Crippen LogP contribution in [-0.4, -0.2) is 21.3 Å². The predicted octanol–water partition coefficient (Wildman–Crippen LogP) is 3.64. The van der Waals surface area contributed by atoms with E-state index in [1.807, 2.05) is 0 Å². The first-order valence-corrected chi connectivity index (χ1v) is 8.97. The number of aromatic nitrogens is 1. The van der Waals surface area contributed by atoms with Crippen LogP contribution in [0.2, 0.25) is 5.02 Å². The van der Waals surface area contributed by atoms with Crippen molar-refractivity contribution in [2.45, 2.75) is 0 Å². The maximum Gasteiger partial charge on any atom is 0.289 e. The van der Waals surface area contributed by atoms with Crippen molar-refractivity contribution in [2.24, 2.45) is 0 Å². The third-order valence-corrected chi connectivity index (χ3v) is 4.77. The second-order valence-corrected chi connectivity index (χ2v) is 6.72. The number of nitrogens with zero attached hydrogens (tertiary/aromatic N) is 3. The summed E-state index contributed by atoms with van der Waals surface area (Å²) in [5.41, 5.74) is 3.22. The molecule has 10 heteroatoms. The molecule has 4 rings (SSSR count). The smallest absolute Gasteiger partial charge is 0.289 e. The molecule has 0 unspecified atom stereocenters. The van der Waals surface area contributed by atoms with Gasteiger partial charge in [0.1, 0.15) is 16.4 Å². The van der Waals surface area contributed by atoms with Gasteiger partial charge in [0.25, 0.3) is 17.5 Å². The van der Waals surface area contributed by atoms with Crippen LogP contribution in [-0.2, 0) is 9.59 Å². The highest BCUT2D eigenvalue weighted by Crippen LogP contribution is 2.28. The highest BCUT2D eigenvalue weighted by Gasteiger charge is 2.34. The summed E-state index contributed by atoms with van der Waals surface area (Å²) in [5.74, 6) is -1.71. The average Bonchev–Trinajstić information content (AvgIpc) is 3.29. The number of hydrazine groups is 1. The number of carbonyl (C=O) groups excluding carboxylic acids is 2. The van der Waals surface area contributed by atoms with E-state index < -0.39 is 22.6 Å². The molecule has 3 aromatic rings. The minimum atomic E-state index is -0.626. The fraction of sp³-hybridized carbons (Fsp3) is 0. The summed E-state index contributed by atoms with van der Waals surface area (Å²) < 4.78 is 14.7. The SMILES string of the molecule is O=C1NN(c2ccc(F)cc2)C(=O)/C1=C/c1cccn1-c1ccc(Cl)c([N+](=O)[O-])c1. The van der Waals surface area contributed by atoms with Gasteiger partial charge >= 0.3 is 0 Å². The number of carbonyl (C=O) groups is 2. The van der Waals surface area contributed by atoms with Crippen molar-refractivity contribution in [1.82, 2.24) is 9.99 Å². The van der Waals surface area contributed by atoms with E-state index in [4.69, 9.17) is 11.6 Å². The van der Waals surface area contributed by atoms with Crippen LogP contribution in [0, 0.1) is 15.9 Å². The zero-order chi connectivity index (χ0) is 21.4. The number of anilines is 1. The Balaban J connectivity index is 1.70. The summed E-state index contributed by atoms with van der Waals surface area (Å²) >= 11 is 5.86. The van der Waals surface area contributed by atoms with Crippen molar-refractivity contribution in [2.75, 3.05) is 5.01 Å². The van der Waals surface area contributed by atoms with Crippen molar-refractivity contribution in [1.29, 1.82) is 0 Å². The lowest BCUT2D eigenvalue weighted by molar-refractivity contribution is -0.384. The predicted molar refractivity (Wildman–Crippen MR) is 107 cm³/mol. The lowest BCUT2D eigenvalue weighted by Crippen LogP contribution is -2.35. The number of nitrogens with one attached hydrogen (secondary N) is 1. The second kappa shape index (κ2) is 7.45. The van der Waals surface area contributed by atoms with Crippen LogP contribution in [0.4, 0.5) is 15.8 Å². The number of rotatable bonds is 4. The van der Waals surface area contributed by atoms with E-state index in [0.717, 1.165) is 5.01 Å². The zero-order valence-corrected chi connectivity index (χ0v) is 15.8. The Kier molecular flexibility index (Phi) is 4.80. The number of nitro groups is 1. The molecule has 1 N–H and O–H groups in total. The molecular formula is C20H12ClFN4O4. The molecule has 1 aromatic heterocycles. The highest BCUT2D eigenvalue weighted by molar-refractivity contribution is 6.32. The summed E-state index contributed by atoms with van der Waals surface area (Å²) in [7, 11) is 0. The van der Waals surface area contributed by atoms with Crippen molar-refractivity contribution in [3.8, 4) is 5.69 Å². The van der Waals surface area contributed by atoms with Crippen LogP contribution in [0.1, 0.15) is 5.69 Å². The number of hydrogen-bond acceptors (Lipinski definition) is 4. The van der Waals surface area contributed by atoms with Gasteiger partial charge in [-0.2, -0.15) is 0 Å². The molecule has 0 spiro atoms. The molecule has 0 aliphatic carbocycles. The minimum Gasteiger partial charge on any atom is -0.317 e. The molecule has 30 heavy (non-hydrogen) atoms. The first-order valence-electron chi connectivity index (χ1n) is 8.59. The summed E-state index contributed by atoms with van der Waals surface area (Å²) in [4.78, 5) is 35.7. The number of nitro benzene ring substituents is 1. The van der Waals surface area contributed by atoms with Gasteiger partial charge in [-0.1, -0.05) is 11.6 Å². The Bertz CT molecular complexity index is 1220. The Morgan fingerprint density at radius 2 is 1.77 bits per heavy atom. The largest absolute Gasteiger partial charge is 0.317 e. The van der Waals surface area contributed by atoms with Crippen molar-refractivity contribution >= 4 is 40.9 Å². The van der Waals surface area contributed by atoms with E-state index in [9.17, 15) is 24.1 Å². The summed E-state index contributed by atoms with van der Waals surface area (Å²) in [5, 5.41) is 12.2. The Morgan fingerprint density at radius 3 is 2.47 bits per heavy atom.